The number of rotatable bonds is 5. The second kappa shape index (κ2) is 11.3. The van der Waals surface area contributed by atoms with Gasteiger partial charge in [-0.05, 0) is 97.8 Å². The predicted molar refractivity (Wildman–Crippen MR) is 183 cm³/mol. The van der Waals surface area contributed by atoms with Crippen LogP contribution in [0, 0.1) is 30.6 Å². The van der Waals surface area contributed by atoms with Gasteiger partial charge in [0.1, 0.15) is 0 Å². The average Bonchev–Trinajstić information content (AvgIpc) is 3.45. The van der Waals surface area contributed by atoms with Crippen LogP contribution in [0.25, 0.3) is 0 Å². The summed E-state index contributed by atoms with van der Waals surface area (Å²) >= 11 is 3.49. The molecular weight excluding hydrogens is 674 g/mol. The molecule has 4 aliphatic rings. The predicted octanol–water partition coefficient (Wildman–Crippen LogP) is 6.26. The average molecular weight is 713 g/mol. The number of allylic oxidation sites excluding steroid dienone is 2. The van der Waals surface area contributed by atoms with E-state index in [1.807, 2.05) is 88.4 Å². The first-order valence-electron chi connectivity index (χ1n) is 16.2. The van der Waals surface area contributed by atoms with Crippen LogP contribution in [-0.4, -0.2) is 51.3 Å². The van der Waals surface area contributed by atoms with E-state index in [-0.39, 0.29) is 29.7 Å². The SMILES string of the molecule is COc1cc(C2C3=CCC4C(=O)N(C(C)(C)C)C(=O)C4C3CC3C(=O)N(Nc4ccc(C)cc4)C(=O)C32c2ccccc2)cc(Br)c1O. The van der Waals surface area contributed by atoms with Gasteiger partial charge in [-0.3, -0.25) is 29.5 Å². The molecule has 2 aliphatic heterocycles. The first-order valence-corrected chi connectivity index (χ1v) is 17.0. The van der Waals surface area contributed by atoms with Crippen LogP contribution >= 0.6 is 15.9 Å². The van der Waals surface area contributed by atoms with Crippen molar-refractivity contribution in [2.24, 2.45) is 23.7 Å². The Hall–Kier alpha value is -4.44. The molecular formula is C38H38BrN3O6. The Labute approximate surface area is 288 Å². The van der Waals surface area contributed by atoms with E-state index in [0.717, 1.165) is 16.1 Å². The van der Waals surface area contributed by atoms with Gasteiger partial charge in [-0.2, -0.15) is 5.01 Å². The number of ether oxygens (including phenoxy) is 1. The second-order valence-electron chi connectivity index (χ2n) is 14.3. The number of imide groups is 2. The molecule has 0 bridgehead atoms. The number of hydrogen-bond acceptors (Lipinski definition) is 7. The number of nitrogens with one attached hydrogen (secondary N) is 1. The Morgan fingerprint density at radius 3 is 2.27 bits per heavy atom. The van der Waals surface area contributed by atoms with E-state index < -0.39 is 52.4 Å². The summed E-state index contributed by atoms with van der Waals surface area (Å²) in [6.45, 7) is 7.52. The molecule has 0 radical (unpaired) electrons. The molecule has 2 saturated heterocycles. The van der Waals surface area contributed by atoms with Crippen molar-refractivity contribution in [1.29, 1.82) is 0 Å². The van der Waals surface area contributed by atoms with E-state index in [2.05, 4.69) is 21.4 Å². The fourth-order valence-electron chi connectivity index (χ4n) is 8.70. The second-order valence-corrected chi connectivity index (χ2v) is 15.2. The van der Waals surface area contributed by atoms with Crippen molar-refractivity contribution in [2.45, 2.75) is 57.4 Å². The maximum atomic E-state index is 15.2. The Morgan fingerprint density at radius 2 is 1.62 bits per heavy atom. The zero-order valence-corrected chi connectivity index (χ0v) is 29.1. The quantitative estimate of drug-likeness (QED) is 0.237. The van der Waals surface area contributed by atoms with Crippen LogP contribution in [0.5, 0.6) is 11.5 Å². The molecule has 6 unspecified atom stereocenters. The number of phenols is 1. The lowest BCUT2D eigenvalue weighted by Crippen LogP contribution is -2.53. The Bertz CT molecular complexity index is 1880. The number of amides is 4. The van der Waals surface area contributed by atoms with Crippen molar-refractivity contribution in [1.82, 2.24) is 9.91 Å². The number of benzene rings is 3. The topological polar surface area (TPSA) is 116 Å². The molecule has 3 aromatic carbocycles. The Morgan fingerprint density at radius 1 is 0.938 bits per heavy atom. The fourth-order valence-corrected chi connectivity index (χ4v) is 9.16. The normalized spacial score (nSPS) is 28.2. The summed E-state index contributed by atoms with van der Waals surface area (Å²) in [5.74, 6) is -4.45. The lowest BCUT2D eigenvalue weighted by Gasteiger charge is -2.50. The molecule has 10 heteroatoms. The van der Waals surface area contributed by atoms with Gasteiger partial charge < -0.3 is 9.84 Å². The molecule has 248 valence electrons. The maximum Gasteiger partial charge on any atom is 0.260 e. The van der Waals surface area contributed by atoms with Gasteiger partial charge in [0.05, 0.1) is 40.4 Å². The van der Waals surface area contributed by atoms with E-state index in [1.165, 1.54) is 12.0 Å². The molecule has 2 aliphatic carbocycles. The first kappa shape index (κ1) is 32.1. The molecule has 48 heavy (non-hydrogen) atoms. The number of halogens is 1. The summed E-state index contributed by atoms with van der Waals surface area (Å²) in [5, 5.41) is 12.0. The smallest absolute Gasteiger partial charge is 0.260 e. The number of hydrogen-bond donors (Lipinski definition) is 2. The summed E-state index contributed by atoms with van der Waals surface area (Å²) in [7, 11) is 1.45. The lowest BCUT2D eigenvalue weighted by atomic mass is 9.49. The summed E-state index contributed by atoms with van der Waals surface area (Å²) in [4.78, 5) is 59.4. The van der Waals surface area contributed by atoms with Gasteiger partial charge in [0.15, 0.2) is 11.5 Å². The van der Waals surface area contributed by atoms with E-state index in [9.17, 15) is 19.5 Å². The number of aromatic hydroxyl groups is 1. The van der Waals surface area contributed by atoms with Gasteiger partial charge in [0.2, 0.25) is 11.8 Å². The minimum Gasteiger partial charge on any atom is -0.503 e. The number of nitrogens with zero attached hydrogens (tertiary/aromatic N) is 2. The molecule has 2 heterocycles. The minimum atomic E-state index is -1.41. The van der Waals surface area contributed by atoms with E-state index in [1.54, 1.807) is 12.1 Å². The number of carbonyl (C=O) groups excluding carboxylic acids is 4. The zero-order chi connectivity index (χ0) is 34.3. The number of likely N-dealkylation sites (tertiary alicyclic amines) is 1. The minimum absolute atomic E-state index is 0.0921. The highest BCUT2D eigenvalue weighted by Gasteiger charge is 2.70. The van der Waals surface area contributed by atoms with Crippen molar-refractivity contribution < 1.29 is 29.0 Å². The first-order chi connectivity index (χ1) is 22.8. The standard InChI is InChI=1S/C38H38BrN3O6/c1-20-11-13-23(14-12-20)40-42-34(45)27-19-26-24(15-16-25-30(26)35(46)41(33(25)44)37(2,3)4)31(21-17-28(39)32(43)29(18-21)48-5)38(27,36(42)47)22-9-7-6-8-10-22/h6-15,17-18,25-27,30-31,40,43H,16,19H2,1-5H3. The maximum absolute atomic E-state index is 15.2. The van der Waals surface area contributed by atoms with Crippen LogP contribution in [0.4, 0.5) is 5.69 Å². The van der Waals surface area contributed by atoms with Crippen LogP contribution in [0.15, 0.2) is 82.9 Å². The van der Waals surface area contributed by atoms with Gasteiger partial charge in [0, 0.05) is 11.5 Å². The molecule has 0 aromatic heterocycles. The highest BCUT2D eigenvalue weighted by molar-refractivity contribution is 9.10. The van der Waals surface area contributed by atoms with Gasteiger partial charge in [0.25, 0.3) is 11.8 Å². The number of aryl methyl sites for hydroxylation is 1. The number of carbonyl (C=O) groups is 4. The van der Waals surface area contributed by atoms with Gasteiger partial charge in [-0.15, -0.1) is 0 Å². The third-order valence-electron chi connectivity index (χ3n) is 10.7. The van der Waals surface area contributed by atoms with Gasteiger partial charge in [-0.1, -0.05) is 59.7 Å². The third kappa shape index (κ3) is 4.55. The highest BCUT2D eigenvalue weighted by atomic mass is 79.9. The molecule has 4 amide bonds. The summed E-state index contributed by atoms with van der Waals surface area (Å²) < 4.78 is 5.94. The number of phenolic OH excluding ortho intramolecular Hbond substituents is 1. The van der Waals surface area contributed by atoms with Crippen molar-refractivity contribution >= 4 is 45.2 Å². The summed E-state index contributed by atoms with van der Waals surface area (Å²) in [6.07, 6.45) is 2.57. The molecule has 0 spiro atoms. The lowest BCUT2D eigenvalue weighted by molar-refractivity contribution is -0.146. The molecule has 9 nitrogen and oxygen atoms in total. The monoisotopic (exact) mass is 711 g/mol. The Kier molecular flexibility index (Phi) is 7.58. The molecule has 3 aromatic rings. The highest BCUT2D eigenvalue weighted by Crippen LogP contribution is 2.64. The molecule has 3 fully saturated rings. The molecule has 2 N–H and O–H groups in total. The van der Waals surface area contributed by atoms with Crippen molar-refractivity contribution in [3.05, 3.63) is 99.5 Å². The van der Waals surface area contributed by atoms with Crippen LogP contribution in [0.3, 0.4) is 0 Å². The summed E-state index contributed by atoms with van der Waals surface area (Å²) in [5.41, 5.74) is 4.76. The number of hydrazine groups is 1. The van der Waals surface area contributed by atoms with Gasteiger partial charge in [-0.25, -0.2) is 0 Å². The van der Waals surface area contributed by atoms with Crippen LogP contribution < -0.4 is 10.2 Å². The van der Waals surface area contributed by atoms with E-state index in [4.69, 9.17) is 4.74 Å². The van der Waals surface area contributed by atoms with Crippen molar-refractivity contribution in [2.75, 3.05) is 12.5 Å². The van der Waals surface area contributed by atoms with Crippen molar-refractivity contribution in [3.8, 4) is 11.5 Å². The Balaban J connectivity index is 1.48. The third-order valence-corrected chi connectivity index (χ3v) is 11.3. The molecule has 1 saturated carbocycles. The number of methoxy groups -OCH3 is 1. The van der Waals surface area contributed by atoms with Crippen LogP contribution in [0.2, 0.25) is 0 Å². The van der Waals surface area contributed by atoms with E-state index >= 15 is 4.79 Å². The van der Waals surface area contributed by atoms with Gasteiger partial charge >= 0.3 is 0 Å². The fraction of sp³-hybridized carbons (Fsp3) is 0.368. The number of anilines is 1. The van der Waals surface area contributed by atoms with Crippen LogP contribution in [0.1, 0.15) is 56.2 Å². The van der Waals surface area contributed by atoms with E-state index in [0.29, 0.717) is 27.7 Å². The summed E-state index contributed by atoms with van der Waals surface area (Å²) in [6, 6.07) is 20.3. The largest absolute Gasteiger partial charge is 0.503 e. The van der Waals surface area contributed by atoms with Crippen molar-refractivity contribution in [3.63, 3.8) is 0 Å². The molecule has 7 rings (SSSR count). The number of fused-ring (bicyclic) bond motifs is 4. The zero-order valence-electron chi connectivity index (χ0n) is 27.5. The van der Waals surface area contributed by atoms with Crippen LogP contribution in [-0.2, 0) is 24.6 Å². The molecule has 6 atom stereocenters.